The molecule has 23 heavy (non-hydrogen) atoms. The van der Waals surface area contributed by atoms with Gasteiger partial charge in [0.2, 0.25) is 0 Å². The highest BCUT2D eigenvalue weighted by molar-refractivity contribution is 7.79. The quantitative estimate of drug-likeness (QED) is 0.167. The first-order valence-electron chi connectivity index (χ1n) is 5.41. The number of nitrogens with zero attached hydrogens (tertiary/aromatic N) is 3. The number of aryl methyl sites for hydroxylation is 1. The fourth-order valence-electron chi connectivity index (χ4n) is 1.34. The van der Waals surface area contributed by atoms with Gasteiger partial charge in [-0.3, -0.25) is 13.6 Å². The predicted octanol–water partition coefficient (Wildman–Crippen LogP) is 0.164. The topological polar surface area (TPSA) is 202 Å². The molecule has 0 amide bonds. The van der Waals surface area contributed by atoms with Crippen molar-refractivity contribution < 1.29 is 41.3 Å². The van der Waals surface area contributed by atoms with Gasteiger partial charge in [0.1, 0.15) is 18.8 Å². The Hall–Kier alpha value is -1.12. The third kappa shape index (κ3) is 10.3. The molecular weight excluding hydrogens is 385 g/mol. The molecular formula is C7H13ClN3O10PS. The van der Waals surface area contributed by atoms with Gasteiger partial charge in [0.25, 0.3) is 0 Å². The summed E-state index contributed by atoms with van der Waals surface area (Å²) in [6.45, 7) is 1.35. The van der Waals surface area contributed by atoms with Crippen molar-refractivity contribution in [1.29, 1.82) is 0 Å². The van der Waals surface area contributed by atoms with Crippen LogP contribution in [0.2, 0.25) is 0 Å². The minimum absolute atomic E-state index is 0.170. The molecule has 1 heterocycles. The Morgan fingerprint density at radius 2 is 2.00 bits per heavy atom. The highest BCUT2D eigenvalue weighted by Crippen LogP contribution is 2.38. The molecule has 4 N–H and O–H groups in total. The molecule has 0 fully saturated rings. The lowest BCUT2D eigenvalue weighted by atomic mass is 10.4. The summed E-state index contributed by atoms with van der Waals surface area (Å²) >= 11 is 5.50. The van der Waals surface area contributed by atoms with Crippen LogP contribution >= 0.6 is 19.4 Å². The molecule has 0 bridgehead atoms. The molecule has 1 aromatic heterocycles. The first-order chi connectivity index (χ1) is 10.2. The van der Waals surface area contributed by atoms with Crippen LogP contribution in [0, 0.1) is 17.0 Å². The number of halogens is 1. The Morgan fingerprint density at radius 1 is 1.52 bits per heavy atom. The van der Waals surface area contributed by atoms with E-state index < -0.39 is 29.2 Å². The zero-order chi connectivity index (χ0) is 18.4. The molecule has 0 saturated heterocycles. The number of phosphoric acid groups is 1. The maximum absolute atomic E-state index is 10.7. The van der Waals surface area contributed by atoms with E-state index in [2.05, 4.69) is 9.51 Å². The van der Waals surface area contributed by atoms with Gasteiger partial charge in [0, 0.05) is 6.92 Å². The molecule has 1 rings (SSSR count). The molecule has 0 aromatic carbocycles. The maximum Gasteiger partial charge on any atom is 0.470 e. The lowest BCUT2D eigenvalue weighted by Crippen LogP contribution is -2.22. The Bertz CT molecular complexity index is 677. The SMILES string of the molecule is Cc1ncc([N+](=O)[O-])n1C[C@@H](CCl)OP(=O)(O)O.O=S(=O)(O)O. The van der Waals surface area contributed by atoms with Crippen molar-refractivity contribution in [3.8, 4) is 0 Å². The van der Waals surface area contributed by atoms with E-state index in [0.717, 1.165) is 6.20 Å². The third-order valence-corrected chi connectivity index (χ3v) is 2.98. The average Bonchev–Trinajstić information content (AvgIpc) is 2.66. The van der Waals surface area contributed by atoms with E-state index in [1.807, 2.05) is 0 Å². The summed E-state index contributed by atoms with van der Waals surface area (Å²) in [6, 6.07) is 0. The van der Waals surface area contributed by atoms with E-state index in [9.17, 15) is 14.7 Å². The smallest absolute Gasteiger partial charge is 0.358 e. The van der Waals surface area contributed by atoms with E-state index in [0.29, 0.717) is 5.82 Å². The van der Waals surface area contributed by atoms with Gasteiger partial charge >= 0.3 is 24.0 Å². The molecule has 1 aromatic rings. The molecule has 0 aliphatic rings. The van der Waals surface area contributed by atoms with Gasteiger partial charge in [0.05, 0.1) is 5.88 Å². The highest BCUT2D eigenvalue weighted by Gasteiger charge is 2.27. The van der Waals surface area contributed by atoms with Crippen LogP contribution < -0.4 is 0 Å². The van der Waals surface area contributed by atoms with Crippen LogP contribution in [0.25, 0.3) is 0 Å². The van der Waals surface area contributed by atoms with E-state index in [-0.39, 0.29) is 18.2 Å². The summed E-state index contributed by atoms with van der Waals surface area (Å²) in [7, 11) is -9.37. The number of aromatic nitrogens is 2. The molecule has 13 nitrogen and oxygen atoms in total. The minimum Gasteiger partial charge on any atom is -0.358 e. The third-order valence-electron chi connectivity index (χ3n) is 2.07. The van der Waals surface area contributed by atoms with Crippen LogP contribution in [0.3, 0.4) is 0 Å². The highest BCUT2D eigenvalue weighted by atomic mass is 35.5. The van der Waals surface area contributed by atoms with Crippen LogP contribution in [0.4, 0.5) is 5.82 Å². The fraction of sp³-hybridized carbons (Fsp3) is 0.571. The number of phosphoric ester groups is 1. The number of hydrogen-bond acceptors (Lipinski definition) is 7. The predicted molar refractivity (Wildman–Crippen MR) is 75.4 cm³/mol. The Balaban J connectivity index is 0.000000841. The zero-order valence-electron chi connectivity index (χ0n) is 11.4. The van der Waals surface area contributed by atoms with Crippen molar-refractivity contribution in [2.75, 3.05) is 5.88 Å². The summed E-state index contributed by atoms with van der Waals surface area (Å²) in [5.41, 5.74) is 0. The molecule has 0 saturated carbocycles. The van der Waals surface area contributed by atoms with Crippen molar-refractivity contribution in [3.63, 3.8) is 0 Å². The van der Waals surface area contributed by atoms with Crippen LogP contribution in [-0.4, -0.2) is 53.8 Å². The molecule has 0 unspecified atom stereocenters. The van der Waals surface area contributed by atoms with Gasteiger partial charge in [-0.05, 0) is 4.92 Å². The van der Waals surface area contributed by atoms with Gasteiger partial charge in [-0.2, -0.15) is 8.42 Å². The zero-order valence-corrected chi connectivity index (χ0v) is 13.8. The van der Waals surface area contributed by atoms with Gasteiger partial charge in [-0.25, -0.2) is 14.1 Å². The first-order valence-corrected chi connectivity index (χ1v) is 8.87. The van der Waals surface area contributed by atoms with Crippen molar-refractivity contribution >= 4 is 35.6 Å². The minimum atomic E-state index is -4.70. The molecule has 0 aliphatic carbocycles. The van der Waals surface area contributed by atoms with E-state index in [4.69, 9.17) is 38.9 Å². The Morgan fingerprint density at radius 3 is 2.35 bits per heavy atom. The van der Waals surface area contributed by atoms with Gasteiger partial charge in [0.15, 0.2) is 5.82 Å². The molecule has 0 radical (unpaired) electrons. The standard InChI is InChI=1S/C7H11ClN3O6P.H2O4S/c1-5-9-3-7(11(12)13)10(5)4-6(2-8)17-18(14,15)16;1-5(2,3)4/h3,6H,2,4H2,1H3,(H2,14,15,16);(H2,1,2,3,4)/t6-;/m1./s1. The molecule has 16 heteroatoms. The Kier molecular flexibility index (Phi) is 8.23. The Labute approximate surface area is 134 Å². The second-order valence-corrected chi connectivity index (χ2v) is 6.25. The lowest BCUT2D eigenvalue weighted by Gasteiger charge is -2.14. The van der Waals surface area contributed by atoms with Crippen molar-refractivity contribution in [2.45, 2.75) is 19.6 Å². The lowest BCUT2D eigenvalue weighted by molar-refractivity contribution is -0.392. The van der Waals surface area contributed by atoms with Crippen LogP contribution in [-0.2, 0) is 26.0 Å². The van der Waals surface area contributed by atoms with E-state index in [1.54, 1.807) is 0 Å². The van der Waals surface area contributed by atoms with E-state index >= 15 is 0 Å². The van der Waals surface area contributed by atoms with Gasteiger partial charge in [-0.1, -0.05) is 0 Å². The first kappa shape index (κ1) is 21.9. The van der Waals surface area contributed by atoms with Crippen LogP contribution in [0.1, 0.15) is 5.82 Å². The van der Waals surface area contributed by atoms with E-state index in [1.165, 1.54) is 11.5 Å². The number of imidazole rings is 1. The number of rotatable bonds is 6. The van der Waals surface area contributed by atoms with Gasteiger partial charge in [-0.15, -0.1) is 11.6 Å². The summed E-state index contributed by atoms with van der Waals surface area (Å²) < 4.78 is 47.9. The van der Waals surface area contributed by atoms with Gasteiger partial charge < -0.3 is 19.9 Å². The number of hydrogen-bond donors (Lipinski definition) is 4. The molecule has 134 valence electrons. The summed E-state index contributed by atoms with van der Waals surface area (Å²) in [5, 5.41) is 10.7. The second-order valence-electron chi connectivity index (χ2n) is 3.85. The number of alkyl halides is 1. The molecule has 1 atom stereocenters. The summed E-state index contributed by atoms with van der Waals surface area (Å²) in [6.07, 6.45) is -0.00271. The monoisotopic (exact) mass is 397 g/mol. The summed E-state index contributed by atoms with van der Waals surface area (Å²) in [4.78, 5) is 31.1. The van der Waals surface area contributed by atoms with Crippen molar-refractivity contribution in [3.05, 3.63) is 22.1 Å². The van der Waals surface area contributed by atoms with Crippen LogP contribution in [0.15, 0.2) is 6.20 Å². The fourth-order valence-corrected chi connectivity index (χ4v) is 2.11. The second kappa shape index (κ2) is 8.65. The normalized spacial score (nSPS) is 13.1. The van der Waals surface area contributed by atoms with Crippen molar-refractivity contribution in [1.82, 2.24) is 9.55 Å². The van der Waals surface area contributed by atoms with Crippen LogP contribution in [0.5, 0.6) is 0 Å². The molecule has 0 aliphatic heterocycles. The number of nitro groups is 1. The maximum atomic E-state index is 10.7. The average molecular weight is 398 g/mol. The largest absolute Gasteiger partial charge is 0.470 e. The summed E-state index contributed by atoms with van der Waals surface area (Å²) in [5.74, 6) is -0.192. The molecule has 0 spiro atoms. The van der Waals surface area contributed by atoms with Crippen molar-refractivity contribution in [2.24, 2.45) is 0 Å².